The number of anilines is 1. The summed E-state index contributed by atoms with van der Waals surface area (Å²) in [4.78, 5) is 36.3. The van der Waals surface area contributed by atoms with Gasteiger partial charge in [-0.1, -0.05) is 42.5 Å². The predicted molar refractivity (Wildman–Crippen MR) is 145 cm³/mol. The summed E-state index contributed by atoms with van der Waals surface area (Å²) in [5, 5.41) is 14.0. The number of carboxylic acid groups (broad SMARTS) is 1. The zero-order valence-electron chi connectivity index (χ0n) is 21.4. The number of amides is 2. The van der Waals surface area contributed by atoms with Crippen molar-refractivity contribution < 1.29 is 28.3 Å². The number of hydrogen-bond donors (Lipinski definition) is 3. The number of rotatable bonds is 10. The summed E-state index contributed by atoms with van der Waals surface area (Å²) >= 11 is 0. The molecule has 3 N–H and O–H groups in total. The van der Waals surface area contributed by atoms with Crippen molar-refractivity contribution in [3.8, 4) is 0 Å². The summed E-state index contributed by atoms with van der Waals surface area (Å²) in [6, 6.07) is 17.8. The van der Waals surface area contributed by atoms with E-state index >= 15 is 0 Å². The highest BCUT2D eigenvalue weighted by molar-refractivity contribution is 5.96. The molecular weight excluding hydrogens is 502 g/mol. The fourth-order valence-corrected chi connectivity index (χ4v) is 4.61. The number of carbonyl (C=O) groups excluding carboxylic acids is 2. The zero-order valence-corrected chi connectivity index (χ0v) is 21.4. The number of hydrogen-bond acceptors (Lipinski definition) is 3. The van der Waals surface area contributed by atoms with Crippen molar-refractivity contribution >= 4 is 29.0 Å². The van der Waals surface area contributed by atoms with Crippen LogP contribution in [-0.2, 0) is 16.0 Å². The Morgan fingerprint density at radius 2 is 1.64 bits per heavy atom. The molecule has 202 valence electrons. The molecule has 0 saturated carbocycles. The van der Waals surface area contributed by atoms with Crippen LogP contribution in [0.4, 0.5) is 14.5 Å². The molecule has 1 unspecified atom stereocenters. The van der Waals surface area contributed by atoms with Gasteiger partial charge in [0, 0.05) is 23.9 Å². The molecule has 1 atom stereocenters. The summed E-state index contributed by atoms with van der Waals surface area (Å²) in [6.07, 6.45) is 6.81. The van der Waals surface area contributed by atoms with Crippen molar-refractivity contribution in [2.45, 2.75) is 44.4 Å². The van der Waals surface area contributed by atoms with Crippen molar-refractivity contribution in [2.75, 3.05) is 11.9 Å². The fraction of sp³-hybridized carbons (Fsp3) is 0.258. The van der Waals surface area contributed by atoms with E-state index in [0.717, 1.165) is 48.1 Å². The predicted octanol–water partition coefficient (Wildman–Crippen LogP) is 6.09. The maximum Gasteiger partial charge on any atom is 0.305 e. The van der Waals surface area contributed by atoms with Gasteiger partial charge in [-0.3, -0.25) is 14.4 Å². The molecule has 1 aliphatic rings. The number of carbonyl (C=O) groups is 3. The van der Waals surface area contributed by atoms with Crippen LogP contribution in [0.15, 0.2) is 72.8 Å². The minimum atomic E-state index is -1.05. The maximum absolute atomic E-state index is 13.7. The molecule has 2 amide bonds. The molecular formula is C31H30F2N2O4. The second-order valence-corrected chi connectivity index (χ2v) is 9.57. The van der Waals surface area contributed by atoms with E-state index in [0.29, 0.717) is 12.0 Å². The molecule has 0 bridgehead atoms. The average Bonchev–Trinajstić information content (AvgIpc) is 2.94. The van der Waals surface area contributed by atoms with Gasteiger partial charge in [0.25, 0.3) is 5.91 Å². The molecule has 1 aliphatic carbocycles. The van der Waals surface area contributed by atoms with Crippen molar-refractivity contribution in [1.82, 2.24) is 5.32 Å². The molecule has 0 saturated heterocycles. The first kappa shape index (κ1) is 27.7. The number of benzene rings is 3. The van der Waals surface area contributed by atoms with Crippen molar-refractivity contribution in [1.29, 1.82) is 0 Å². The lowest BCUT2D eigenvalue weighted by Crippen LogP contribution is -2.26. The lowest BCUT2D eigenvalue weighted by molar-refractivity contribution is -0.136. The van der Waals surface area contributed by atoms with Gasteiger partial charge in [0.15, 0.2) is 11.6 Å². The molecule has 0 heterocycles. The second kappa shape index (κ2) is 13.0. The van der Waals surface area contributed by atoms with E-state index in [9.17, 15) is 23.2 Å². The monoisotopic (exact) mass is 532 g/mol. The molecule has 6 nitrogen and oxygen atoms in total. The van der Waals surface area contributed by atoms with Gasteiger partial charge in [-0.15, -0.1) is 0 Å². The SMILES string of the molecule is O=C(O)CCNC(=O)c1ccc(CC(C(=O)Nc2ccc(F)c(F)c2)c2ccc(C3=CCCCC3)cc2)cc1. The number of aliphatic carboxylic acids is 1. The summed E-state index contributed by atoms with van der Waals surface area (Å²) in [5.41, 5.74) is 4.51. The van der Waals surface area contributed by atoms with Crippen LogP contribution in [0, 0.1) is 11.6 Å². The van der Waals surface area contributed by atoms with Crippen molar-refractivity contribution in [3.63, 3.8) is 0 Å². The molecule has 3 aromatic carbocycles. The van der Waals surface area contributed by atoms with Gasteiger partial charge in [0.2, 0.25) is 5.91 Å². The molecule has 0 fully saturated rings. The van der Waals surface area contributed by atoms with Gasteiger partial charge >= 0.3 is 5.97 Å². The van der Waals surface area contributed by atoms with E-state index in [4.69, 9.17) is 5.11 Å². The number of halogens is 2. The second-order valence-electron chi connectivity index (χ2n) is 9.57. The summed E-state index contributed by atoms with van der Waals surface area (Å²) in [6.45, 7) is 0.0229. The highest BCUT2D eigenvalue weighted by atomic mass is 19.2. The van der Waals surface area contributed by atoms with E-state index in [1.165, 1.54) is 18.1 Å². The van der Waals surface area contributed by atoms with Crippen LogP contribution < -0.4 is 10.6 Å². The highest BCUT2D eigenvalue weighted by Crippen LogP contribution is 2.30. The van der Waals surface area contributed by atoms with Crippen LogP contribution >= 0.6 is 0 Å². The van der Waals surface area contributed by atoms with Gasteiger partial charge < -0.3 is 15.7 Å². The zero-order chi connectivity index (χ0) is 27.8. The molecule has 0 spiro atoms. The van der Waals surface area contributed by atoms with Crippen LogP contribution in [-0.4, -0.2) is 29.4 Å². The molecule has 0 aliphatic heterocycles. The van der Waals surface area contributed by atoms with Crippen LogP contribution in [0.2, 0.25) is 0 Å². The third-order valence-electron chi connectivity index (χ3n) is 6.76. The third-order valence-corrected chi connectivity index (χ3v) is 6.76. The van der Waals surface area contributed by atoms with Gasteiger partial charge in [-0.2, -0.15) is 0 Å². The Bertz CT molecular complexity index is 1370. The lowest BCUT2D eigenvalue weighted by Gasteiger charge is -2.19. The minimum Gasteiger partial charge on any atom is -0.481 e. The van der Waals surface area contributed by atoms with Crippen molar-refractivity contribution in [3.05, 3.63) is 107 Å². The third kappa shape index (κ3) is 7.60. The highest BCUT2D eigenvalue weighted by Gasteiger charge is 2.23. The molecule has 0 radical (unpaired) electrons. The maximum atomic E-state index is 13.7. The normalized spacial score (nSPS) is 13.7. The Labute approximate surface area is 225 Å². The molecule has 39 heavy (non-hydrogen) atoms. The van der Waals surface area contributed by atoms with Crippen LogP contribution in [0.1, 0.15) is 65.1 Å². The van der Waals surface area contributed by atoms with Crippen LogP contribution in [0.5, 0.6) is 0 Å². The van der Waals surface area contributed by atoms with Crippen LogP contribution in [0.25, 0.3) is 5.57 Å². The first-order valence-electron chi connectivity index (χ1n) is 12.9. The average molecular weight is 533 g/mol. The van der Waals surface area contributed by atoms with Gasteiger partial charge in [0.05, 0.1) is 12.3 Å². The van der Waals surface area contributed by atoms with E-state index in [1.807, 2.05) is 24.3 Å². The van der Waals surface area contributed by atoms with Crippen LogP contribution in [0.3, 0.4) is 0 Å². The molecule has 8 heteroatoms. The van der Waals surface area contributed by atoms with Crippen molar-refractivity contribution in [2.24, 2.45) is 0 Å². The van der Waals surface area contributed by atoms with E-state index in [2.05, 4.69) is 16.7 Å². The number of carboxylic acids is 1. The topological polar surface area (TPSA) is 95.5 Å². The van der Waals surface area contributed by atoms with E-state index < -0.39 is 23.5 Å². The molecule has 0 aromatic heterocycles. The number of nitrogens with one attached hydrogen (secondary N) is 2. The van der Waals surface area contributed by atoms with Gasteiger partial charge in [0.1, 0.15) is 0 Å². The quantitative estimate of drug-likeness (QED) is 0.294. The molecule has 3 aromatic rings. The van der Waals surface area contributed by atoms with Gasteiger partial charge in [-0.05, 0) is 78.6 Å². The molecule has 4 rings (SSSR count). The first-order chi connectivity index (χ1) is 18.8. The minimum absolute atomic E-state index is 0.0229. The first-order valence-corrected chi connectivity index (χ1v) is 12.9. The largest absolute Gasteiger partial charge is 0.481 e. The fourth-order valence-electron chi connectivity index (χ4n) is 4.61. The van der Waals surface area contributed by atoms with E-state index in [-0.39, 0.29) is 30.5 Å². The van der Waals surface area contributed by atoms with E-state index in [1.54, 1.807) is 24.3 Å². The Morgan fingerprint density at radius 3 is 2.28 bits per heavy atom. The Hall–Kier alpha value is -4.33. The lowest BCUT2D eigenvalue weighted by atomic mass is 9.88. The summed E-state index contributed by atoms with van der Waals surface area (Å²) in [7, 11) is 0. The Kier molecular flexibility index (Phi) is 9.20. The summed E-state index contributed by atoms with van der Waals surface area (Å²) in [5.74, 6) is -4.44. The Balaban J connectivity index is 1.54. The summed E-state index contributed by atoms with van der Waals surface area (Å²) < 4.78 is 27.1. The Morgan fingerprint density at radius 1 is 0.897 bits per heavy atom. The smallest absolute Gasteiger partial charge is 0.305 e. The number of allylic oxidation sites excluding steroid dienone is 2. The van der Waals surface area contributed by atoms with Gasteiger partial charge in [-0.25, -0.2) is 8.78 Å². The standard InChI is InChI=1S/C31H30F2N2O4/c32-27-15-14-25(19-28(27)33)35-31(39)26(23-12-10-22(11-13-23)21-4-2-1-3-5-21)18-20-6-8-24(9-7-20)30(38)34-17-16-29(36)37/h4,6-15,19,26H,1-3,5,16-18H2,(H,34,38)(H,35,39)(H,36,37).